The second kappa shape index (κ2) is 6.14. The summed E-state index contributed by atoms with van der Waals surface area (Å²) in [5.41, 5.74) is 5.69. The first-order valence-electron chi connectivity index (χ1n) is 5.76. The maximum atomic E-state index is 12.0. The lowest BCUT2D eigenvalue weighted by atomic mass is 10.2. The Kier molecular flexibility index (Phi) is 4.52. The zero-order valence-electron chi connectivity index (χ0n) is 10.3. The first kappa shape index (κ1) is 14.0. The van der Waals surface area contributed by atoms with E-state index >= 15 is 0 Å². The van der Waals surface area contributed by atoms with Crippen LogP contribution in [0.1, 0.15) is 28.3 Å². The molecule has 1 amide bonds. The minimum absolute atomic E-state index is 0.121. The number of aromatic nitrogens is 3. The normalized spacial score (nSPS) is 12.4. The van der Waals surface area contributed by atoms with Crippen LogP contribution in [0.2, 0.25) is 4.34 Å². The quantitative estimate of drug-likeness (QED) is 0.875. The molecule has 0 aliphatic heterocycles. The van der Waals surface area contributed by atoms with Crippen molar-refractivity contribution in [3.63, 3.8) is 0 Å². The van der Waals surface area contributed by atoms with Gasteiger partial charge in [-0.2, -0.15) is 0 Å². The molecule has 0 bridgehead atoms. The molecule has 6 nitrogen and oxygen atoms in total. The van der Waals surface area contributed by atoms with Gasteiger partial charge in [0, 0.05) is 11.4 Å². The largest absolute Gasteiger partial charge is 0.343 e. The predicted molar refractivity (Wildman–Crippen MR) is 74.3 cm³/mol. The maximum Gasteiger partial charge on any atom is 0.273 e. The summed E-state index contributed by atoms with van der Waals surface area (Å²) in [5, 5.41) is 10.5. The molecule has 0 spiro atoms. The van der Waals surface area contributed by atoms with Crippen molar-refractivity contribution in [1.82, 2.24) is 20.3 Å². The van der Waals surface area contributed by atoms with Gasteiger partial charge in [-0.05, 0) is 19.1 Å². The summed E-state index contributed by atoms with van der Waals surface area (Å²) in [7, 11) is 0. The fourth-order valence-corrected chi connectivity index (χ4v) is 2.61. The highest BCUT2D eigenvalue weighted by atomic mass is 35.5. The number of carbonyl (C=O) groups excluding carboxylic acids is 1. The van der Waals surface area contributed by atoms with E-state index < -0.39 is 0 Å². The smallest absolute Gasteiger partial charge is 0.273 e. The molecule has 0 fully saturated rings. The number of halogens is 1. The van der Waals surface area contributed by atoms with E-state index in [1.165, 1.54) is 11.3 Å². The van der Waals surface area contributed by atoms with Gasteiger partial charge in [0.15, 0.2) is 5.69 Å². The Morgan fingerprint density at radius 1 is 1.63 bits per heavy atom. The zero-order chi connectivity index (χ0) is 13.8. The highest BCUT2D eigenvalue weighted by Crippen LogP contribution is 2.26. The Bertz CT molecular complexity index is 567. The van der Waals surface area contributed by atoms with Crippen molar-refractivity contribution in [2.75, 3.05) is 6.54 Å². The molecule has 0 saturated carbocycles. The molecule has 1 atom stereocenters. The molecular formula is C11H14ClN5OS. The highest BCUT2D eigenvalue weighted by molar-refractivity contribution is 7.16. The van der Waals surface area contributed by atoms with Gasteiger partial charge >= 0.3 is 0 Å². The molecule has 0 aliphatic carbocycles. The Morgan fingerprint density at radius 2 is 2.42 bits per heavy atom. The van der Waals surface area contributed by atoms with Gasteiger partial charge in [0.05, 0.1) is 23.1 Å². The monoisotopic (exact) mass is 299 g/mol. The molecule has 0 radical (unpaired) electrons. The molecule has 0 aromatic carbocycles. The van der Waals surface area contributed by atoms with E-state index in [1.807, 2.05) is 19.1 Å². The van der Waals surface area contributed by atoms with Gasteiger partial charge in [0.1, 0.15) is 0 Å². The van der Waals surface area contributed by atoms with Crippen LogP contribution in [0.5, 0.6) is 0 Å². The van der Waals surface area contributed by atoms with E-state index in [9.17, 15) is 4.79 Å². The molecule has 0 saturated heterocycles. The molecule has 3 N–H and O–H groups in total. The summed E-state index contributed by atoms with van der Waals surface area (Å²) in [5.74, 6) is -0.264. The standard InChI is InChI=1S/C11H14ClN5OS/c1-7(9-2-3-10(12)19-9)14-11(18)8-6-17(5-4-13)16-15-8/h2-3,6-7H,4-5,13H2,1H3,(H,14,18). The first-order chi connectivity index (χ1) is 9.10. The van der Waals surface area contributed by atoms with Crippen LogP contribution < -0.4 is 11.1 Å². The van der Waals surface area contributed by atoms with Crippen LogP contribution in [0, 0.1) is 0 Å². The van der Waals surface area contributed by atoms with Crippen LogP contribution in [0.4, 0.5) is 0 Å². The average Bonchev–Trinajstić information content (AvgIpc) is 2.98. The molecular weight excluding hydrogens is 286 g/mol. The third kappa shape index (κ3) is 3.52. The van der Waals surface area contributed by atoms with E-state index in [4.69, 9.17) is 17.3 Å². The topological polar surface area (TPSA) is 85.8 Å². The number of hydrogen-bond acceptors (Lipinski definition) is 5. The van der Waals surface area contributed by atoms with Crippen molar-refractivity contribution in [2.24, 2.45) is 5.73 Å². The number of nitrogens with two attached hydrogens (primary N) is 1. The van der Waals surface area contributed by atoms with Crippen molar-refractivity contribution in [3.05, 3.63) is 33.2 Å². The van der Waals surface area contributed by atoms with Gasteiger partial charge in [-0.15, -0.1) is 16.4 Å². The van der Waals surface area contributed by atoms with Crippen LogP contribution in [0.3, 0.4) is 0 Å². The number of thiophene rings is 1. The van der Waals surface area contributed by atoms with Crippen LogP contribution in [-0.4, -0.2) is 27.4 Å². The number of rotatable bonds is 5. The van der Waals surface area contributed by atoms with Gasteiger partial charge in [0.2, 0.25) is 0 Å². The fraction of sp³-hybridized carbons (Fsp3) is 0.364. The summed E-state index contributed by atoms with van der Waals surface area (Å²) >= 11 is 7.30. The van der Waals surface area contributed by atoms with Crippen molar-refractivity contribution >= 4 is 28.8 Å². The minimum Gasteiger partial charge on any atom is -0.343 e. The lowest BCUT2D eigenvalue weighted by Crippen LogP contribution is -2.26. The molecule has 2 heterocycles. The maximum absolute atomic E-state index is 12.0. The van der Waals surface area contributed by atoms with Crippen LogP contribution in [0.25, 0.3) is 0 Å². The molecule has 19 heavy (non-hydrogen) atoms. The van der Waals surface area contributed by atoms with Gasteiger partial charge in [-0.1, -0.05) is 16.8 Å². The average molecular weight is 300 g/mol. The fourth-order valence-electron chi connectivity index (χ4n) is 1.55. The number of hydrogen-bond donors (Lipinski definition) is 2. The minimum atomic E-state index is -0.264. The number of carbonyl (C=O) groups is 1. The van der Waals surface area contributed by atoms with E-state index in [0.717, 1.165) is 4.88 Å². The number of nitrogens with one attached hydrogen (secondary N) is 1. The summed E-state index contributed by atoms with van der Waals surface area (Å²) in [6.45, 7) is 2.88. The van der Waals surface area contributed by atoms with Gasteiger partial charge in [-0.25, -0.2) is 0 Å². The van der Waals surface area contributed by atoms with Gasteiger partial charge in [-0.3, -0.25) is 9.48 Å². The predicted octanol–water partition coefficient (Wildman–Crippen LogP) is 1.44. The van der Waals surface area contributed by atoms with E-state index in [1.54, 1.807) is 10.9 Å². The third-order valence-electron chi connectivity index (χ3n) is 2.50. The zero-order valence-corrected chi connectivity index (χ0v) is 11.9. The molecule has 1 unspecified atom stereocenters. The SMILES string of the molecule is CC(NC(=O)c1cn(CCN)nn1)c1ccc(Cl)s1. The van der Waals surface area contributed by atoms with Gasteiger partial charge < -0.3 is 11.1 Å². The third-order valence-corrected chi connectivity index (χ3v) is 3.91. The van der Waals surface area contributed by atoms with Crippen LogP contribution in [-0.2, 0) is 6.54 Å². The summed E-state index contributed by atoms with van der Waals surface area (Å²) in [6, 6.07) is 3.58. The van der Waals surface area contributed by atoms with Crippen molar-refractivity contribution in [3.8, 4) is 0 Å². The van der Waals surface area contributed by atoms with E-state index in [0.29, 0.717) is 17.4 Å². The Hall–Kier alpha value is -1.44. The summed E-state index contributed by atoms with van der Waals surface area (Å²) < 4.78 is 2.24. The first-order valence-corrected chi connectivity index (χ1v) is 6.96. The highest BCUT2D eigenvalue weighted by Gasteiger charge is 2.15. The van der Waals surface area contributed by atoms with E-state index in [-0.39, 0.29) is 17.6 Å². The second-order valence-electron chi connectivity index (χ2n) is 3.99. The lowest BCUT2D eigenvalue weighted by molar-refractivity contribution is 0.0935. The molecule has 102 valence electrons. The van der Waals surface area contributed by atoms with Crippen LogP contribution in [0.15, 0.2) is 18.3 Å². The number of amides is 1. The molecule has 2 aromatic heterocycles. The van der Waals surface area contributed by atoms with Gasteiger partial charge in [0.25, 0.3) is 5.91 Å². The molecule has 8 heteroatoms. The van der Waals surface area contributed by atoms with E-state index in [2.05, 4.69) is 15.6 Å². The molecule has 0 aliphatic rings. The lowest BCUT2D eigenvalue weighted by Gasteiger charge is -2.10. The molecule has 2 rings (SSSR count). The molecule has 2 aromatic rings. The Morgan fingerprint density at radius 3 is 3.05 bits per heavy atom. The Labute approximate surface area is 119 Å². The van der Waals surface area contributed by atoms with Crippen LogP contribution >= 0.6 is 22.9 Å². The van der Waals surface area contributed by atoms with Crippen molar-refractivity contribution in [2.45, 2.75) is 19.5 Å². The summed E-state index contributed by atoms with van der Waals surface area (Å²) in [6.07, 6.45) is 1.58. The summed E-state index contributed by atoms with van der Waals surface area (Å²) in [4.78, 5) is 13.0. The van der Waals surface area contributed by atoms with Crippen molar-refractivity contribution in [1.29, 1.82) is 0 Å². The Balaban J connectivity index is 1.99. The number of nitrogens with zero attached hydrogens (tertiary/aromatic N) is 3. The second-order valence-corrected chi connectivity index (χ2v) is 5.74. The van der Waals surface area contributed by atoms with Crippen molar-refractivity contribution < 1.29 is 4.79 Å².